The van der Waals surface area contributed by atoms with E-state index in [4.69, 9.17) is 0 Å². The summed E-state index contributed by atoms with van der Waals surface area (Å²) in [6, 6.07) is 4.60. The summed E-state index contributed by atoms with van der Waals surface area (Å²) in [7, 11) is 0. The van der Waals surface area contributed by atoms with Crippen molar-refractivity contribution in [3.05, 3.63) is 34.1 Å². The fraction of sp³-hybridized carbons (Fsp3) is 0.500. The molecule has 18 heavy (non-hydrogen) atoms. The first-order valence-corrected chi connectivity index (χ1v) is 7.10. The number of nitrogens with one attached hydrogen (secondary N) is 1. The molecule has 0 radical (unpaired) electrons. The van der Waals surface area contributed by atoms with E-state index in [9.17, 15) is 9.18 Å². The first-order chi connectivity index (χ1) is 8.56. The molecule has 0 aliphatic heterocycles. The lowest BCUT2D eigenvalue weighted by Gasteiger charge is -2.14. The van der Waals surface area contributed by atoms with Crippen LogP contribution >= 0.6 is 15.9 Å². The predicted octanol–water partition coefficient (Wildman–Crippen LogP) is 4.29. The normalized spacial score (nSPS) is 12.2. The van der Waals surface area contributed by atoms with Crippen LogP contribution in [0, 0.1) is 5.82 Å². The molecule has 1 rings (SSSR count). The summed E-state index contributed by atoms with van der Waals surface area (Å²) in [6.45, 7) is 4.09. The van der Waals surface area contributed by atoms with Gasteiger partial charge in [0, 0.05) is 10.5 Å². The Kier molecular flexibility index (Phi) is 6.33. The molecular weight excluding hydrogens is 297 g/mol. The largest absolute Gasteiger partial charge is 0.349 e. The number of unbranched alkanes of at least 4 members (excludes halogenated alkanes) is 2. The van der Waals surface area contributed by atoms with Gasteiger partial charge in [-0.3, -0.25) is 4.79 Å². The van der Waals surface area contributed by atoms with Gasteiger partial charge in [0.15, 0.2) is 0 Å². The number of benzene rings is 1. The molecule has 4 heteroatoms. The van der Waals surface area contributed by atoms with Crippen molar-refractivity contribution in [2.75, 3.05) is 0 Å². The van der Waals surface area contributed by atoms with Crippen LogP contribution in [0.5, 0.6) is 0 Å². The summed E-state index contributed by atoms with van der Waals surface area (Å²) in [5.74, 6) is -0.855. The Balaban J connectivity index is 2.60. The summed E-state index contributed by atoms with van der Waals surface area (Å²) < 4.78 is 14.1. The van der Waals surface area contributed by atoms with Crippen LogP contribution in [0.1, 0.15) is 49.9 Å². The fourth-order valence-corrected chi connectivity index (χ4v) is 2.31. The maximum absolute atomic E-state index is 13.6. The third-order valence-electron chi connectivity index (χ3n) is 2.81. The average molecular weight is 316 g/mol. The van der Waals surface area contributed by atoms with Gasteiger partial charge in [0.2, 0.25) is 0 Å². The van der Waals surface area contributed by atoms with Gasteiger partial charge >= 0.3 is 0 Å². The van der Waals surface area contributed by atoms with Crippen molar-refractivity contribution in [2.45, 2.75) is 45.6 Å². The summed E-state index contributed by atoms with van der Waals surface area (Å²) in [4.78, 5) is 11.9. The highest BCUT2D eigenvalue weighted by molar-refractivity contribution is 9.10. The van der Waals surface area contributed by atoms with Crippen molar-refractivity contribution in [3.8, 4) is 0 Å². The van der Waals surface area contributed by atoms with Crippen LogP contribution < -0.4 is 5.32 Å². The van der Waals surface area contributed by atoms with Crippen molar-refractivity contribution in [1.82, 2.24) is 5.32 Å². The SMILES string of the molecule is CCCCCC(C)NC(=O)c1c(F)cccc1Br. The number of rotatable bonds is 6. The first-order valence-electron chi connectivity index (χ1n) is 6.31. The van der Waals surface area contributed by atoms with Crippen molar-refractivity contribution >= 4 is 21.8 Å². The molecule has 0 saturated carbocycles. The van der Waals surface area contributed by atoms with Gasteiger partial charge in [0.25, 0.3) is 5.91 Å². The van der Waals surface area contributed by atoms with Gasteiger partial charge in [-0.25, -0.2) is 4.39 Å². The third kappa shape index (κ3) is 4.41. The van der Waals surface area contributed by atoms with Crippen molar-refractivity contribution in [3.63, 3.8) is 0 Å². The number of hydrogen-bond acceptors (Lipinski definition) is 1. The molecule has 1 N–H and O–H groups in total. The average Bonchev–Trinajstić information content (AvgIpc) is 2.29. The molecule has 0 saturated heterocycles. The molecule has 1 amide bonds. The van der Waals surface area contributed by atoms with Crippen molar-refractivity contribution in [1.29, 1.82) is 0 Å². The molecule has 1 aromatic carbocycles. The van der Waals surface area contributed by atoms with E-state index < -0.39 is 5.82 Å². The van der Waals surface area contributed by atoms with Gasteiger partial charge in [-0.1, -0.05) is 32.3 Å². The highest BCUT2D eigenvalue weighted by atomic mass is 79.9. The van der Waals surface area contributed by atoms with E-state index in [0.29, 0.717) is 4.47 Å². The molecular formula is C14H19BrFNO. The van der Waals surface area contributed by atoms with Gasteiger partial charge in [-0.2, -0.15) is 0 Å². The Hall–Kier alpha value is -0.900. The van der Waals surface area contributed by atoms with E-state index in [1.807, 2.05) is 6.92 Å². The number of amides is 1. The lowest BCUT2D eigenvalue weighted by molar-refractivity contribution is 0.0933. The standard InChI is InChI=1S/C14H19BrFNO/c1-3-4-5-7-10(2)17-14(18)13-11(15)8-6-9-12(13)16/h6,8-10H,3-5,7H2,1-2H3,(H,17,18). The predicted molar refractivity (Wildman–Crippen MR) is 75.2 cm³/mol. The summed E-state index contributed by atoms with van der Waals surface area (Å²) in [5.41, 5.74) is 0.0832. The Morgan fingerprint density at radius 2 is 2.17 bits per heavy atom. The van der Waals surface area contributed by atoms with E-state index in [2.05, 4.69) is 28.2 Å². The van der Waals surface area contributed by atoms with E-state index in [-0.39, 0.29) is 17.5 Å². The molecule has 1 unspecified atom stereocenters. The molecule has 0 fully saturated rings. The summed E-state index contributed by atoms with van der Waals surface area (Å²) >= 11 is 3.20. The minimum Gasteiger partial charge on any atom is -0.349 e. The molecule has 0 aliphatic carbocycles. The van der Waals surface area contributed by atoms with Crippen molar-refractivity contribution in [2.24, 2.45) is 0 Å². The molecule has 0 heterocycles. The van der Waals surface area contributed by atoms with Gasteiger partial charge in [0.1, 0.15) is 5.82 Å². The van der Waals surface area contributed by atoms with E-state index >= 15 is 0 Å². The molecule has 0 aliphatic rings. The quantitative estimate of drug-likeness (QED) is 0.780. The molecule has 1 atom stereocenters. The molecule has 1 aromatic rings. The fourth-order valence-electron chi connectivity index (χ4n) is 1.78. The van der Waals surface area contributed by atoms with Gasteiger partial charge < -0.3 is 5.32 Å². The lowest BCUT2D eigenvalue weighted by Crippen LogP contribution is -2.33. The van der Waals surface area contributed by atoms with Crippen LogP contribution in [0.3, 0.4) is 0 Å². The molecule has 0 aromatic heterocycles. The van der Waals surface area contributed by atoms with Crippen LogP contribution in [0.4, 0.5) is 4.39 Å². The number of hydrogen-bond donors (Lipinski definition) is 1. The highest BCUT2D eigenvalue weighted by Gasteiger charge is 2.16. The monoisotopic (exact) mass is 315 g/mol. The smallest absolute Gasteiger partial charge is 0.255 e. The Bertz CT molecular complexity index is 389. The maximum atomic E-state index is 13.6. The van der Waals surface area contributed by atoms with Crippen LogP contribution in [0.2, 0.25) is 0 Å². The zero-order chi connectivity index (χ0) is 13.5. The zero-order valence-electron chi connectivity index (χ0n) is 10.8. The van der Waals surface area contributed by atoms with E-state index in [1.54, 1.807) is 12.1 Å². The number of halogens is 2. The van der Waals surface area contributed by atoms with E-state index in [0.717, 1.165) is 25.7 Å². The Morgan fingerprint density at radius 3 is 2.78 bits per heavy atom. The van der Waals surface area contributed by atoms with Crippen LogP contribution in [0.15, 0.2) is 22.7 Å². The topological polar surface area (TPSA) is 29.1 Å². The second-order valence-corrected chi connectivity index (χ2v) is 5.32. The molecule has 100 valence electrons. The molecule has 0 spiro atoms. The maximum Gasteiger partial charge on any atom is 0.255 e. The van der Waals surface area contributed by atoms with Gasteiger partial charge in [-0.15, -0.1) is 0 Å². The molecule has 0 bridgehead atoms. The summed E-state index contributed by atoms with van der Waals surface area (Å²) in [6.07, 6.45) is 4.31. The minimum atomic E-state index is -0.498. The third-order valence-corrected chi connectivity index (χ3v) is 3.47. The minimum absolute atomic E-state index is 0.0653. The number of carbonyl (C=O) groups excluding carboxylic acids is 1. The Morgan fingerprint density at radius 1 is 1.44 bits per heavy atom. The van der Waals surface area contributed by atoms with Crippen LogP contribution in [-0.2, 0) is 0 Å². The molecule has 2 nitrogen and oxygen atoms in total. The van der Waals surface area contributed by atoms with Crippen molar-refractivity contribution < 1.29 is 9.18 Å². The van der Waals surface area contributed by atoms with Crippen LogP contribution in [-0.4, -0.2) is 11.9 Å². The lowest BCUT2D eigenvalue weighted by atomic mass is 10.1. The Labute approximate surface area is 116 Å². The second kappa shape index (κ2) is 7.52. The second-order valence-electron chi connectivity index (χ2n) is 4.47. The van der Waals surface area contributed by atoms with E-state index in [1.165, 1.54) is 6.07 Å². The highest BCUT2D eigenvalue weighted by Crippen LogP contribution is 2.19. The summed E-state index contributed by atoms with van der Waals surface area (Å²) in [5, 5.41) is 2.83. The van der Waals surface area contributed by atoms with Gasteiger partial charge in [0.05, 0.1) is 5.56 Å². The number of carbonyl (C=O) groups is 1. The zero-order valence-corrected chi connectivity index (χ0v) is 12.4. The van der Waals surface area contributed by atoms with Crippen LogP contribution in [0.25, 0.3) is 0 Å². The van der Waals surface area contributed by atoms with Gasteiger partial charge in [-0.05, 0) is 41.4 Å². The first kappa shape index (κ1) is 15.2.